The molecule has 2 aromatic rings. The largest absolute Gasteiger partial charge is 0.481 e. The van der Waals surface area contributed by atoms with Crippen molar-refractivity contribution in [2.24, 2.45) is 5.92 Å². The number of pyridine rings is 1. The SMILES string of the molecule is Cl.O=C(O)CC1CCN(C(=O)c2ccc(CCc3ccncc3)cc2)CC1. The Morgan fingerprint density at radius 1 is 0.963 bits per heavy atom. The number of piperidine rings is 1. The standard InChI is InChI=1S/C21H24N2O3.ClH/c24-20(25)15-18-9-13-23(14-10-18)21(26)19-5-3-16(4-6-19)1-2-17-7-11-22-12-8-17;/h3-8,11-12,18H,1-2,9-10,13-15H2,(H,24,25);1H. The zero-order valence-electron chi connectivity index (χ0n) is 15.2. The van der Waals surface area contributed by atoms with Crippen LogP contribution in [0.5, 0.6) is 0 Å². The Bertz CT molecular complexity index is 742. The number of carbonyl (C=O) groups is 2. The molecule has 1 aromatic heterocycles. The monoisotopic (exact) mass is 388 g/mol. The number of hydrogen-bond donors (Lipinski definition) is 1. The molecule has 1 aliphatic heterocycles. The summed E-state index contributed by atoms with van der Waals surface area (Å²) in [4.78, 5) is 29.3. The first-order chi connectivity index (χ1) is 12.6. The van der Waals surface area contributed by atoms with Gasteiger partial charge in [0.05, 0.1) is 0 Å². The Kier molecular flexibility index (Phi) is 7.80. The van der Waals surface area contributed by atoms with Crippen LogP contribution >= 0.6 is 12.4 Å². The number of amides is 1. The summed E-state index contributed by atoms with van der Waals surface area (Å²) < 4.78 is 0. The maximum absolute atomic E-state index is 12.6. The second-order valence-corrected chi connectivity index (χ2v) is 6.89. The fourth-order valence-electron chi connectivity index (χ4n) is 3.42. The minimum absolute atomic E-state index is 0. The van der Waals surface area contributed by atoms with Crippen molar-refractivity contribution in [2.45, 2.75) is 32.1 Å². The van der Waals surface area contributed by atoms with E-state index in [0.29, 0.717) is 18.7 Å². The molecule has 27 heavy (non-hydrogen) atoms. The number of hydrogen-bond acceptors (Lipinski definition) is 3. The van der Waals surface area contributed by atoms with E-state index in [2.05, 4.69) is 4.98 Å². The van der Waals surface area contributed by atoms with Gasteiger partial charge in [0, 0.05) is 37.5 Å². The van der Waals surface area contributed by atoms with Crippen molar-refractivity contribution < 1.29 is 14.7 Å². The van der Waals surface area contributed by atoms with E-state index in [1.165, 1.54) is 11.1 Å². The lowest BCUT2D eigenvalue weighted by molar-refractivity contribution is -0.138. The second kappa shape index (κ2) is 10.1. The number of carboxylic acid groups (broad SMARTS) is 1. The number of nitrogens with zero attached hydrogens (tertiary/aromatic N) is 2. The van der Waals surface area contributed by atoms with Crippen molar-refractivity contribution in [2.75, 3.05) is 13.1 Å². The highest BCUT2D eigenvalue weighted by molar-refractivity contribution is 5.94. The summed E-state index contributed by atoms with van der Waals surface area (Å²) in [7, 11) is 0. The summed E-state index contributed by atoms with van der Waals surface area (Å²) in [5.41, 5.74) is 3.16. The Morgan fingerprint density at radius 2 is 1.52 bits per heavy atom. The molecule has 1 saturated heterocycles. The van der Waals surface area contributed by atoms with Crippen LogP contribution in [0.4, 0.5) is 0 Å². The summed E-state index contributed by atoms with van der Waals surface area (Å²) in [6, 6.07) is 11.9. The van der Waals surface area contributed by atoms with Crippen molar-refractivity contribution in [3.63, 3.8) is 0 Å². The Balaban J connectivity index is 0.00000261. The van der Waals surface area contributed by atoms with Crippen molar-refractivity contribution in [3.8, 4) is 0 Å². The summed E-state index contributed by atoms with van der Waals surface area (Å²) in [6.45, 7) is 1.28. The third-order valence-electron chi connectivity index (χ3n) is 5.02. The summed E-state index contributed by atoms with van der Waals surface area (Å²) in [5.74, 6) is -0.524. The maximum Gasteiger partial charge on any atom is 0.303 e. The molecule has 0 atom stereocenters. The van der Waals surface area contributed by atoms with Crippen molar-refractivity contribution in [3.05, 3.63) is 65.5 Å². The topological polar surface area (TPSA) is 70.5 Å². The number of carbonyl (C=O) groups excluding carboxylic acids is 1. The third kappa shape index (κ3) is 6.07. The van der Waals surface area contributed by atoms with Gasteiger partial charge in [0.15, 0.2) is 0 Å². The number of likely N-dealkylation sites (tertiary alicyclic amines) is 1. The number of aliphatic carboxylic acids is 1. The first-order valence-electron chi connectivity index (χ1n) is 9.11. The zero-order valence-corrected chi connectivity index (χ0v) is 16.0. The quantitative estimate of drug-likeness (QED) is 0.820. The van der Waals surface area contributed by atoms with Crippen LogP contribution in [0.3, 0.4) is 0 Å². The summed E-state index contributed by atoms with van der Waals surface area (Å²) >= 11 is 0. The minimum atomic E-state index is -0.753. The predicted octanol–water partition coefficient (Wildman–Crippen LogP) is 3.62. The molecule has 2 heterocycles. The molecule has 6 heteroatoms. The number of aromatic nitrogens is 1. The number of rotatable bonds is 6. The molecule has 0 radical (unpaired) electrons. The average molecular weight is 389 g/mol. The molecule has 0 unspecified atom stereocenters. The highest BCUT2D eigenvalue weighted by atomic mass is 35.5. The molecule has 5 nitrogen and oxygen atoms in total. The maximum atomic E-state index is 12.6. The number of aryl methyl sites for hydroxylation is 2. The van der Waals surface area contributed by atoms with Crippen LogP contribution in [0.2, 0.25) is 0 Å². The van der Waals surface area contributed by atoms with Crippen LogP contribution in [0.25, 0.3) is 0 Å². The zero-order chi connectivity index (χ0) is 18.4. The van der Waals surface area contributed by atoms with Gasteiger partial charge in [-0.1, -0.05) is 12.1 Å². The Hall–Kier alpha value is -2.40. The molecule has 0 saturated carbocycles. The van der Waals surface area contributed by atoms with Gasteiger partial charge in [-0.05, 0) is 67.0 Å². The van der Waals surface area contributed by atoms with E-state index in [4.69, 9.17) is 5.11 Å². The molecule has 0 bridgehead atoms. The molecule has 0 spiro atoms. The lowest BCUT2D eigenvalue weighted by Crippen LogP contribution is -2.38. The van der Waals surface area contributed by atoms with Gasteiger partial charge < -0.3 is 10.0 Å². The van der Waals surface area contributed by atoms with E-state index in [1.54, 1.807) is 12.4 Å². The highest BCUT2D eigenvalue weighted by Gasteiger charge is 2.24. The van der Waals surface area contributed by atoms with Gasteiger partial charge in [-0.3, -0.25) is 14.6 Å². The lowest BCUT2D eigenvalue weighted by atomic mass is 9.93. The highest BCUT2D eigenvalue weighted by Crippen LogP contribution is 2.22. The first-order valence-corrected chi connectivity index (χ1v) is 9.11. The molecule has 1 fully saturated rings. The average Bonchev–Trinajstić information content (AvgIpc) is 2.67. The van der Waals surface area contributed by atoms with E-state index < -0.39 is 5.97 Å². The molecule has 144 valence electrons. The fraction of sp³-hybridized carbons (Fsp3) is 0.381. The van der Waals surface area contributed by atoms with E-state index in [1.807, 2.05) is 41.3 Å². The van der Waals surface area contributed by atoms with Crippen LogP contribution in [0, 0.1) is 5.92 Å². The first kappa shape index (κ1) is 20.9. The molecule has 0 aliphatic carbocycles. The van der Waals surface area contributed by atoms with E-state index >= 15 is 0 Å². The van der Waals surface area contributed by atoms with Crippen LogP contribution in [0.1, 0.15) is 40.7 Å². The number of carboxylic acids is 1. The molecule has 1 N–H and O–H groups in total. The molecule has 1 aliphatic rings. The number of benzene rings is 1. The Labute approximate surface area is 165 Å². The molecule has 1 amide bonds. The van der Waals surface area contributed by atoms with Crippen LogP contribution in [0.15, 0.2) is 48.8 Å². The smallest absolute Gasteiger partial charge is 0.303 e. The van der Waals surface area contributed by atoms with Crippen molar-refractivity contribution in [1.82, 2.24) is 9.88 Å². The summed E-state index contributed by atoms with van der Waals surface area (Å²) in [5, 5.41) is 8.88. The second-order valence-electron chi connectivity index (χ2n) is 6.89. The van der Waals surface area contributed by atoms with Gasteiger partial charge in [0.1, 0.15) is 0 Å². The molecular weight excluding hydrogens is 364 g/mol. The van der Waals surface area contributed by atoms with Crippen molar-refractivity contribution >= 4 is 24.3 Å². The van der Waals surface area contributed by atoms with E-state index in [9.17, 15) is 9.59 Å². The predicted molar refractivity (Wildman–Crippen MR) is 106 cm³/mol. The molecule has 3 rings (SSSR count). The van der Waals surface area contributed by atoms with Gasteiger partial charge >= 0.3 is 5.97 Å². The lowest BCUT2D eigenvalue weighted by Gasteiger charge is -2.31. The van der Waals surface area contributed by atoms with Crippen LogP contribution < -0.4 is 0 Å². The molecule has 1 aromatic carbocycles. The van der Waals surface area contributed by atoms with Crippen molar-refractivity contribution in [1.29, 1.82) is 0 Å². The fourth-order valence-corrected chi connectivity index (χ4v) is 3.42. The van der Waals surface area contributed by atoms with Gasteiger partial charge in [-0.15, -0.1) is 12.4 Å². The van der Waals surface area contributed by atoms with Gasteiger partial charge in [-0.2, -0.15) is 0 Å². The summed E-state index contributed by atoms with van der Waals surface area (Å²) in [6.07, 6.45) is 7.22. The normalized spacial score (nSPS) is 14.4. The van der Waals surface area contributed by atoms with E-state index in [0.717, 1.165) is 25.7 Å². The number of halogens is 1. The molecular formula is C21H25ClN2O3. The van der Waals surface area contributed by atoms with Gasteiger partial charge in [0.2, 0.25) is 0 Å². The minimum Gasteiger partial charge on any atom is -0.481 e. The van der Waals surface area contributed by atoms with Gasteiger partial charge in [-0.25, -0.2) is 0 Å². The van der Waals surface area contributed by atoms with E-state index in [-0.39, 0.29) is 30.7 Å². The third-order valence-corrected chi connectivity index (χ3v) is 5.02. The van der Waals surface area contributed by atoms with Crippen LogP contribution in [-0.4, -0.2) is 40.0 Å². The van der Waals surface area contributed by atoms with Gasteiger partial charge in [0.25, 0.3) is 5.91 Å². The van der Waals surface area contributed by atoms with Crippen LogP contribution in [-0.2, 0) is 17.6 Å². The Morgan fingerprint density at radius 3 is 2.07 bits per heavy atom.